The van der Waals surface area contributed by atoms with Gasteiger partial charge in [-0.2, -0.15) is 0 Å². The summed E-state index contributed by atoms with van der Waals surface area (Å²) in [7, 11) is 0. The van der Waals surface area contributed by atoms with Gasteiger partial charge in [0, 0.05) is 64.6 Å². The summed E-state index contributed by atoms with van der Waals surface area (Å²) in [5.74, 6) is -6.62. The molecule has 4 atom stereocenters. The number of hydrogen-bond acceptors (Lipinski definition) is 18. The Hall–Kier alpha value is -3.68. The van der Waals surface area contributed by atoms with Gasteiger partial charge < -0.3 is 48.1 Å². The molecular formula is C34H54O18. The minimum atomic E-state index is -1.65. The van der Waals surface area contributed by atoms with E-state index in [1.165, 1.54) is 27.7 Å². The number of rotatable bonds is 33. The SMILES string of the molecule is CCC(=O)C(=O)OCCCOCC(OCCCOC(=O)C(=O)CC)C(O)C(O)C(COCCCOC(=O)C(=O)CC)OCCCOC(=O)C(=O)CC. The first kappa shape index (κ1) is 48.3. The van der Waals surface area contributed by atoms with Crippen molar-refractivity contribution in [3.8, 4) is 0 Å². The highest BCUT2D eigenvalue weighted by molar-refractivity contribution is 6.34. The van der Waals surface area contributed by atoms with Gasteiger partial charge in [-0.15, -0.1) is 0 Å². The molecule has 298 valence electrons. The molecule has 0 aliphatic heterocycles. The van der Waals surface area contributed by atoms with Crippen LogP contribution in [0.5, 0.6) is 0 Å². The van der Waals surface area contributed by atoms with Crippen LogP contribution in [0.4, 0.5) is 0 Å². The van der Waals surface area contributed by atoms with Crippen molar-refractivity contribution in [2.75, 3.05) is 66.1 Å². The van der Waals surface area contributed by atoms with Gasteiger partial charge in [-0.3, -0.25) is 19.2 Å². The summed E-state index contributed by atoms with van der Waals surface area (Å²) in [6, 6.07) is 0. The highest BCUT2D eigenvalue weighted by Crippen LogP contribution is 2.14. The highest BCUT2D eigenvalue weighted by Gasteiger charge is 2.34. The molecule has 0 aromatic heterocycles. The molecule has 0 amide bonds. The number of esters is 4. The predicted octanol–water partition coefficient (Wildman–Crippen LogP) is 0.161. The van der Waals surface area contributed by atoms with E-state index in [9.17, 15) is 48.6 Å². The van der Waals surface area contributed by atoms with Crippen LogP contribution in [0, 0.1) is 0 Å². The summed E-state index contributed by atoms with van der Waals surface area (Å²) in [6.07, 6.45) is -5.06. The third-order valence-corrected chi connectivity index (χ3v) is 6.91. The Balaban J connectivity index is 5.43. The van der Waals surface area contributed by atoms with Gasteiger partial charge in [0.15, 0.2) is 0 Å². The van der Waals surface area contributed by atoms with Crippen molar-refractivity contribution in [1.82, 2.24) is 0 Å². The quantitative estimate of drug-likeness (QED) is 0.0392. The minimum absolute atomic E-state index is 0.00246. The van der Waals surface area contributed by atoms with Crippen LogP contribution in [-0.2, 0) is 76.3 Å². The number of ether oxygens (including phenoxy) is 8. The van der Waals surface area contributed by atoms with Crippen molar-refractivity contribution >= 4 is 47.0 Å². The molecule has 2 N–H and O–H groups in total. The van der Waals surface area contributed by atoms with E-state index < -0.39 is 71.4 Å². The molecule has 0 spiro atoms. The average molecular weight is 751 g/mol. The summed E-state index contributed by atoms with van der Waals surface area (Å²) >= 11 is 0. The molecule has 0 radical (unpaired) electrons. The molecule has 0 aromatic rings. The molecule has 0 saturated heterocycles. The van der Waals surface area contributed by atoms with Crippen molar-refractivity contribution in [1.29, 1.82) is 0 Å². The van der Waals surface area contributed by atoms with Gasteiger partial charge in [-0.1, -0.05) is 27.7 Å². The zero-order valence-corrected chi connectivity index (χ0v) is 30.5. The molecule has 0 heterocycles. The van der Waals surface area contributed by atoms with Gasteiger partial charge in [0.25, 0.3) is 0 Å². The normalized spacial score (nSPS) is 13.3. The van der Waals surface area contributed by atoms with Gasteiger partial charge in [0.2, 0.25) is 23.1 Å². The van der Waals surface area contributed by atoms with Crippen molar-refractivity contribution in [2.45, 2.75) is 103 Å². The highest BCUT2D eigenvalue weighted by atomic mass is 16.6. The fourth-order valence-electron chi connectivity index (χ4n) is 3.80. The van der Waals surface area contributed by atoms with E-state index in [-0.39, 0.29) is 117 Å². The molecule has 4 unspecified atom stereocenters. The zero-order chi connectivity index (χ0) is 39.3. The number of carbonyl (C=O) groups excluding carboxylic acids is 8. The number of carbonyl (C=O) groups is 8. The Morgan fingerprint density at radius 2 is 0.654 bits per heavy atom. The molecule has 0 aliphatic carbocycles. The van der Waals surface area contributed by atoms with E-state index in [1.54, 1.807) is 0 Å². The Bertz CT molecular complexity index is 1040. The lowest BCUT2D eigenvalue weighted by molar-refractivity contribution is -0.167. The summed E-state index contributed by atoms with van der Waals surface area (Å²) in [4.78, 5) is 92.0. The standard InChI is InChI=1S/C34H54O18/c1-5-23(35)31(41)49-17-9-13-45-21-27(47-15-11-19-51-33(43)25(37)7-3)29(39)30(40)28(48-16-12-20-52-34(44)26(38)8-4)22-46-14-10-18-50-32(42)24(36)6-2/h27-30,39-40H,5-22H2,1-4H3. The summed E-state index contributed by atoms with van der Waals surface area (Å²) in [6.45, 7) is 4.85. The Morgan fingerprint density at radius 1 is 0.404 bits per heavy atom. The number of aliphatic hydroxyl groups excluding tert-OH is 2. The molecule has 0 bridgehead atoms. The lowest BCUT2D eigenvalue weighted by atomic mass is 10.0. The van der Waals surface area contributed by atoms with Crippen LogP contribution in [-0.4, -0.2) is 148 Å². The van der Waals surface area contributed by atoms with Crippen LogP contribution in [0.15, 0.2) is 0 Å². The monoisotopic (exact) mass is 750 g/mol. The number of aliphatic hydroxyl groups is 2. The van der Waals surface area contributed by atoms with Crippen LogP contribution in [0.2, 0.25) is 0 Å². The first-order valence-corrected chi connectivity index (χ1v) is 17.4. The third kappa shape index (κ3) is 21.6. The van der Waals surface area contributed by atoms with Gasteiger partial charge in [-0.05, 0) is 0 Å². The molecule has 0 rings (SSSR count). The average Bonchev–Trinajstić information content (AvgIpc) is 3.15. The Morgan fingerprint density at radius 3 is 0.904 bits per heavy atom. The maximum atomic E-state index is 11.6. The molecular weight excluding hydrogens is 696 g/mol. The number of Topliss-reactive ketones (excluding diaryl/α,β-unsaturated/α-hetero) is 4. The smallest absolute Gasteiger partial charge is 0.374 e. The number of ketones is 4. The van der Waals surface area contributed by atoms with E-state index in [1.807, 2.05) is 0 Å². The van der Waals surface area contributed by atoms with E-state index in [2.05, 4.69) is 0 Å². The van der Waals surface area contributed by atoms with E-state index in [0.717, 1.165) is 0 Å². The largest absolute Gasteiger partial charge is 0.460 e. The summed E-state index contributed by atoms with van der Waals surface area (Å²) in [5.41, 5.74) is 0. The molecule has 0 aliphatic rings. The molecule has 0 saturated carbocycles. The minimum Gasteiger partial charge on any atom is -0.460 e. The van der Waals surface area contributed by atoms with Gasteiger partial charge >= 0.3 is 23.9 Å². The van der Waals surface area contributed by atoms with Crippen molar-refractivity contribution in [2.24, 2.45) is 0 Å². The van der Waals surface area contributed by atoms with Crippen molar-refractivity contribution < 1.29 is 86.5 Å². The second kappa shape index (κ2) is 29.9. The van der Waals surface area contributed by atoms with E-state index in [0.29, 0.717) is 0 Å². The summed E-state index contributed by atoms with van der Waals surface area (Å²) in [5, 5.41) is 22.4. The fourth-order valence-corrected chi connectivity index (χ4v) is 3.80. The Kier molecular flexibility index (Phi) is 27.7. The van der Waals surface area contributed by atoms with Crippen LogP contribution >= 0.6 is 0 Å². The van der Waals surface area contributed by atoms with E-state index >= 15 is 0 Å². The third-order valence-electron chi connectivity index (χ3n) is 6.91. The van der Waals surface area contributed by atoms with Crippen molar-refractivity contribution in [3.05, 3.63) is 0 Å². The maximum absolute atomic E-state index is 11.6. The lowest BCUT2D eigenvalue weighted by Crippen LogP contribution is -2.50. The fraction of sp³-hybridized carbons (Fsp3) is 0.765. The van der Waals surface area contributed by atoms with Crippen LogP contribution in [0.3, 0.4) is 0 Å². The van der Waals surface area contributed by atoms with Crippen LogP contribution in [0.1, 0.15) is 79.1 Å². The summed E-state index contributed by atoms with van der Waals surface area (Å²) < 4.78 is 42.1. The lowest BCUT2D eigenvalue weighted by Gasteiger charge is -2.31. The molecule has 18 heteroatoms. The van der Waals surface area contributed by atoms with Crippen molar-refractivity contribution in [3.63, 3.8) is 0 Å². The van der Waals surface area contributed by atoms with Gasteiger partial charge in [0.1, 0.15) is 24.4 Å². The Labute approximate surface area is 303 Å². The second-order valence-electron chi connectivity index (χ2n) is 11.0. The topological polar surface area (TPSA) is 251 Å². The maximum Gasteiger partial charge on any atom is 0.374 e. The molecule has 18 nitrogen and oxygen atoms in total. The van der Waals surface area contributed by atoms with Crippen LogP contribution in [0.25, 0.3) is 0 Å². The first-order valence-electron chi connectivity index (χ1n) is 17.4. The molecule has 0 aromatic carbocycles. The number of hydrogen-bond donors (Lipinski definition) is 2. The molecule has 0 fully saturated rings. The van der Waals surface area contributed by atoms with Gasteiger partial charge in [-0.25, -0.2) is 19.2 Å². The van der Waals surface area contributed by atoms with E-state index in [4.69, 9.17) is 37.9 Å². The first-order chi connectivity index (χ1) is 24.8. The zero-order valence-electron chi connectivity index (χ0n) is 30.5. The second-order valence-corrected chi connectivity index (χ2v) is 11.0. The predicted molar refractivity (Wildman–Crippen MR) is 177 cm³/mol. The van der Waals surface area contributed by atoms with Gasteiger partial charge in [0.05, 0.1) is 52.9 Å². The molecule has 52 heavy (non-hydrogen) atoms. The van der Waals surface area contributed by atoms with Crippen LogP contribution < -0.4 is 0 Å².